The Morgan fingerprint density at radius 1 is 1.46 bits per heavy atom. The van der Waals surface area contributed by atoms with Crippen molar-refractivity contribution in [3.05, 3.63) is 18.0 Å². The largest absolute Gasteiger partial charge is 0.503 e. The summed E-state index contributed by atoms with van der Waals surface area (Å²) in [5.41, 5.74) is -0.228. The van der Waals surface area contributed by atoms with E-state index in [1.165, 1.54) is 19.4 Å². The Morgan fingerprint density at radius 2 is 2.23 bits per heavy atom. The molecule has 2 unspecified atom stereocenters. The van der Waals surface area contributed by atoms with Crippen molar-refractivity contribution in [3.63, 3.8) is 0 Å². The summed E-state index contributed by atoms with van der Waals surface area (Å²) in [6.45, 7) is 4.44. The number of hydrogen-bond acceptors (Lipinski definition) is 7. The minimum Gasteiger partial charge on any atom is -0.503 e. The van der Waals surface area contributed by atoms with E-state index in [1.807, 2.05) is 6.92 Å². The summed E-state index contributed by atoms with van der Waals surface area (Å²) in [7, 11) is 1.37. The number of carbonyl (C=O) groups is 2. The molecule has 8 nitrogen and oxygen atoms in total. The number of esters is 1. The van der Waals surface area contributed by atoms with Crippen molar-refractivity contribution in [1.82, 2.24) is 10.3 Å². The van der Waals surface area contributed by atoms with Crippen LogP contribution in [0.15, 0.2) is 12.3 Å². The molecule has 1 amide bonds. The summed E-state index contributed by atoms with van der Waals surface area (Å²) in [6.07, 6.45) is 3.81. The first-order valence-electron chi connectivity index (χ1n) is 8.77. The molecular weight excluding hydrogens is 340 g/mol. The topological polar surface area (TPSA) is 107 Å². The van der Waals surface area contributed by atoms with Crippen molar-refractivity contribution in [2.24, 2.45) is 5.92 Å². The van der Waals surface area contributed by atoms with Gasteiger partial charge in [0.2, 0.25) is 0 Å². The van der Waals surface area contributed by atoms with Gasteiger partial charge in [-0.1, -0.05) is 13.3 Å². The first kappa shape index (κ1) is 20.0. The number of cyclic esters (lactones) is 1. The zero-order valence-electron chi connectivity index (χ0n) is 15.4. The third-order valence-electron chi connectivity index (χ3n) is 4.23. The monoisotopic (exact) mass is 366 g/mol. The number of hydrogen-bond donors (Lipinski definition) is 2. The number of nitrogens with zero attached hydrogens (tertiary/aromatic N) is 1. The van der Waals surface area contributed by atoms with Crippen LogP contribution in [0.3, 0.4) is 0 Å². The molecule has 0 saturated carbocycles. The van der Waals surface area contributed by atoms with E-state index >= 15 is 0 Å². The standard InChI is InChI=1S/C18H26N2O6/c1-4-5-12-8-11(2)26-18(23)13(10-25-9-12)20-17(22)15-16(21)14(24-3)6-7-19-15/h6-7,11-13,21H,4-5,8-10H2,1-3H3,(H,20,22)/t11?,12?,13-/m0/s1. The number of pyridine rings is 1. The molecular formula is C18H26N2O6. The van der Waals surface area contributed by atoms with Crippen molar-refractivity contribution in [1.29, 1.82) is 0 Å². The molecule has 144 valence electrons. The second kappa shape index (κ2) is 9.38. The number of ether oxygens (including phenoxy) is 3. The Balaban J connectivity index is 2.09. The molecule has 0 bridgehead atoms. The number of nitrogens with one attached hydrogen (secondary N) is 1. The van der Waals surface area contributed by atoms with Crippen LogP contribution in [-0.4, -0.2) is 54.4 Å². The van der Waals surface area contributed by atoms with Crippen LogP contribution >= 0.6 is 0 Å². The minimum atomic E-state index is -0.974. The van der Waals surface area contributed by atoms with Crippen LogP contribution in [0.25, 0.3) is 0 Å². The van der Waals surface area contributed by atoms with Gasteiger partial charge in [0.15, 0.2) is 23.2 Å². The molecule has 1 aliphatic rings. The second-order valence-electron chi connectivity index (χ2n) is 6.41. The Hall–Kier alpha value is -2.35. The Kier molecular flexibility index (Phi) is 7.20. The van der Waals surface area contributed by atoms with Gasteiger partial charge in [0.1, 0.15) is 0 Å². The van der Waals surface area contributed by atoms with Gasteiger partial charge in [0, 0.05) is 18.9 Å². The van der Waals surface area contributed by atoms with Crippen LogP contribution in [0.2, 0.25) is 0 Å². The van der Waals surface area contributed by atoms with Gasteiger partial charge in [-0.15, -0.1) is 0 Å². The van der Waals surface area contributed by atoms with E-state index in [1.54, 1.807) is 0 Å². The van der Waals surface area contributed by atoms with E-state index in [-0.39, 0.29) is 29.9 Å². The maximum atomic E-state index is 12.4. The van der Waals surface area contributed by atoms with Gasteiger partial charge in [-0.05, 0) is 25.7 Å². The molecule has 1 fully saturated rings. The van der Waals surface area contributed by atoms with Crippen LogP contribution in [0.1, 0.15) is 43.6 Å². The van der Waals surface area contributed by atoms with Gasteiger partial charge in [-0.2, -0.15) is 0 Å². The summed E-state index contributed by atoms with van der Waals surface area (Å²) in [4.78, 5) is 28.6. The fourth-order valence-corrected chi connectivity index (χ4v) is 2.99. The second-order valence-corrected chi connectivity index (χ2v) is 6.41. The third kappa shape index (κ3) is 5.08. The number of rotatable bonds is 5. The van der Waals surface area contributed by atoms with Gasteiger partial charge in [-0.3, -0.25) is 4.79 Å². The number of carbonyl (C=O) groups excluding carboxylic acids is 2. The van der Waals surface area contributed by atoms with E-state index in [0.717, 1.165) is 19.3 Å². The van der Waals surface area contributed by atoms with Gasteiger partial charge >= 0.3 is 5.97 Å². The highest BCUT2D eigenvalue weighted by molar-refractivity contribution is 5.98. The number of aromatic nitrogens is 1. The van der Waals surface area contributed by atoms with Crippen LogP contribution in [0, 0.1) is 5.92 Å². The van der Waals surface area contributed by atoms with Crippen molar-refractivity contribution >= 4 is 11.9 Å². The van der Waals surface area contributed by atoms with Gasteiger partial charge in [0.25, 0.3) is 5.91 Å². The smallest absolute Gasteiger partial charge is 0.331 e. The molecule has 1 aromatic rings. The first-order valence-corrected chi connectivity index (χ1v) is 8.77. The molecule has 0 radical (unpaired) electrons. The lowest BCUT2D eigenvalue weighted by Crippen LogP contribution is -2.45. The normalized spacial score (nSPS) is 24.0. The van der Waals surface area contributed by atoms with Crippen LogP contribution in [0.4, 0.5) is 0 Å². The van der Waals surface area contributed by atoms with Crippen LogP contribution in [-0.2, 0) is 14.3 Å². The lowest BCUT2D eigenvalue weighted by molar-refractivity contribution is -0.151. The highest BCUT2D eigenvalue weighted by Gasteiger charge is 2.29. The Labute approximate surface area is 152 Å². The molecule has 1 saturated heterocycles. The van der Waals surface area contributed by atoms with E-state index in [9.17, 15) is 14.7 Å². The molecule has 2 N–H and O–H groups in total. The van der Waals surface area contributed by atoms with Crippen molar-refractivity contribution in [2.75, 3.05) is 20.3 Å². The van der Waals surface area contributed by atoms with Crippen molar-refractivity contribution in [2.45, 2.75) is 45.3 Å². The predicted octanol–water partition coefficient (Wildman–Crippen LogP) is 1.66. The van der Waals surface area contributed by atoms with E-state index in [2.05, 4.69) is 17.2 Å². The number of aromatic hydroxyl groups is 1. The van der Waals surface area contributed by atoms with Crippen LogP contribution < -0.4 is 10.1 Å². The predicted molar refractivity (Wildman–Crippen MR) is 93.1 cm³/mol. The quantitative estimate of drug-likeness (QED) is 0.763. The van der Waals surface area contributed by atoms with Gasteiger partial charge < -0.3 is 24.6 Å². The summed E-state index contributed by atoms with van der Waals surface area (Å²) in [5, 5.41) is 12.6. The molecule has 2 heterocycles. The molecule has 1 aromatic heterocycles. The first-order chi connectivity index (χ1) is 12.5. The minimum absolute atomic E-state index is 0.00222. The maximum absolute atomic E-state index is 12.4. The molecule has 26 heavy (non-hydrogen) atoms. The van der Waals surface area contributed by atoms with Crippen molar-refractivity contribution < 1.29 is 28.9 Å². The molecule has 3 atom stereocenters. The molecule has 0 spiro atoms. The number of methoxy groups -OCH3 is 1. The maximum Gasteiger partial charge on any atom is 0.331 e. The fourth-order valence-electron chi connectivity index (χ4n) is 2.99. The SMILES string of the molecule is CCCC1COC[C@H](NC(=O)c2nccc(OC)c2O)C(=O)OC(C)C1. The van der Waals surface area contributed by atoms with E-state index in [4.69, 9.17) is 14.2 Å². The summed E-state index contributed by atoms with van der Waals surface area (Å²) < 4.78 is 16.0. The van der Waals surface area contributed by atoms with E-state index < -0.39 is 17.9 Å². The van der Waals surface area contributed by atoms with Gasteiger partial charge in [0.05, 0.1) is 19.8 Å². The lowest BCUT2D eigenvalue weighted by atomic mass is 9.98. The highest BCUT2D eigenvalue weighted by atomic mass is 16.5. The van der Waals surface area contributed by atoms with Gasteiger partial charge in [-0.25, -0.2) is 9.78 Å². The third-order valence-corrected chi connectivity index (χ3v) is 4.23. The zero-order chi connectivity index (χ0) is 19.1. The average molecular weight is 366 g/mol. The Morgan fingerprint density at radius 3 is 2.92 bits per heavy atom. The average Bonchev–Trinajstić information content (AvgIpc) is 2.66. The van der Waals surface area contributed by atoms with Crippen molar-refractivity contribution in [3.8, 4) is 11.5 Å². The zero-order valence-corrected chi connectivity index (χ0v) is 15.4. The molecule has 2 rings (SSSR count). The van der Waals surface area contributed by atoms with Crippen LogP contribution in [0.5, 0.6) is 11.5 Å². The summed E-state index contributed by atoms with van der Waals surface area (Å²) in [5.74, 6) is -1.23. The Bertz CT molecular complexity index is 636. The fraction of sp³-hybridized carbons (Fsp3) is 0.611. The molecule has 8 heteroatoms. The molecule has 1 aliphatic heterocycles. The molecule has 0 aromatic carbocycles. The summed E-state index contributed by atoms with van der Waals surface area (Å²) in [6, 6.07) is 0.455. The lowest BCUT2D eigenvalue weighted by Gasteiger charge is -2.19. The summed E-state index contributed by atoms with van der Waals surface area (Å²) >= 11 is 0. The molecule has 0 aliphatic carbocycles. The number of amides is 1. The van der Waals surface area contributed by atoms with E-state index in [0.29, 0.717) is 12.5 Å². The highest BCUT2D eigenvalue weighted by Crippen LogP contribution is 2.27.